The molecule has 1 aliphatic rings. The molecule has 3 aromatic carbocycles. The van der Waals surface area contributed by atoms with Crippen LogP contribution < -0.4 is 15.4 Å². The van der Waals surface area contributed by atoms with Gasteiger partial charge in [-0.1, -0.05) is 65.9 Å². The molecule has 4 aromatic rings. The molecule has 1 atom stereocenters. The number of hydrogen-bond acceptors (Lipinski definition) is 7. The van der Waals surface area contributed by atoms with Crippen molar-refractivity contribution in [3.8, 4) is 11.5 Å². The number of thioether (sulfide) groups is 1. The topological polar surface area (TPSA) is 101 Å². The van der Waals surface area contributed by atoms with Gasteiger partial charge >= 0.3 is 0 Å². The summed E-state index contributed by atoms with van der Waals surface area (Å²) < 4.78 is 7.10. The van der Waals surface area contributed by atoms with Gasteiger partial charge in [0.05, 0.1) is 12.7 Å². The van der Waals surface area contributed by atoms with E-state index in [9.17, 15) is 9.90 Å². The molecule has 9 heteroatoms. The Bertz CT molecular complexity index is 1530. The summed E-state index contributed by atoms with van der Waals surface area (Å²) in [6.45, 7) is 5.85. The van der Waals surface area contributed by atoms with Crippen molar-refractivity contribution in [1.29, 1.82) is 0 Å². The van der Waals surface area contributed by atoms with Crippen LogP contribution in [0.4, 0.5) is 11.6 Å². The van der Waals surface area contributed by atoms with Gasteiger partial charge in [-0.25, -0.2) is 4.68 Å². The molecule has 0 saturated heterocycles. The molecule has 38 heavy (non-hydrogen) atoms. The van der Waals surface area contributed by atoms with E-state index in [1.807, 2.05) is 57.2 Å². The van der Waals surface area contributed by atoms with Crippen molar-refractivity contribution in [3.63, 3.8) is 0 Å². The van der Waals surface area contributed by atoms with Crippen molar-refractivity contribution >= 4 is 29.3 Å². The van der Waals surface area contributed by atoms with Gasteiger partial charge in [0.25, 0.3) is 5.91 Å². The molecule has 0 unspecified atom stereocenters. The minimum Gasteiger partial charge on any atom is -0.504 e. The van der Waals surface area contributed by atoms with Crippen LogP contribution in [0.5, 0.6) is 11.5 Å². The Morgan fingerprint density at radius 1 is 1.11 bits per heavy atom. The fourth-order valence-electron chi connectivity index (χ4n) is 4.52. The number of anilines is 2. The van der Waals surface area contributed by atoms with Crippen LogP contribution in [0.25, 0.3) is 0 Å². The van der Waals surface area contributed by atoms with E-state index in [1.54, 1.807) is 22.9 Å². The zero-order valence-corrected chi connectivity index (χ0v) is 22.5. The number of aromatic nitrogens is 3. The molecule has 3 N–H and O–H groups in total. The quantitative estimate of drug-likeness (QED) is 0.260. The zero-order chi connectivity index (χ0) is 26.8. The van der Waals surface area contributed by atoms with Crippen molar-refractivity contribution in [1.82, 2.24) is 14.8 Å². The van der Waals surface area contributed by atoms with Gasteiger partial charge in [0.2, 0.25) is 11.1 Å². The second-order valence-electron chi connectivity index (χ2n) is 9.21. The summed E-state index contributed by atoms with van der Waals surface area (Å²) in [6.07, 6.45) is 0. The molecule has 194 valence electrons. The average molecular weight is 528 g/mol. The van der Waals surface area contributed by atoms with Gasteiger partial charge in [-0.15, -0.1) is 5.10 Å². The first kappa shape index (κ1) is 25.4. The minimum atomic E-state index is -0.593. The van der Waals surface area contributed by atoms with Crippen molar-refractivity contribution in [2.75, 3.05) is 17.7 Å². The molecule has 8 nitrogen and oxygen atoms in total. The van der Waals surface area contributed by atoms with Crippen LogP contribution in [0.3, 0.4) is 0 Å². The second kappa shape index (κ2) is 10.6. The van der Waals surface area contributed by atoms with Crippen molar-refractivity contribution in [2.45, 2.75) is 37.7 Å². The van der Waals surface area contributed by atoms with Gasteiger partial charge < -0.3 is 20.5 Å². The van der Waals surface area contributed by atoms with E-state index in [2.05, 4.69) is 22.8 Å². The first-order chi connectivity index (χ1) is 18.3. The number of aromatic hydroxyl groups is 1. The highest BCUT2D eigenvalue weighted by Gasteiger charge is 2.35. The van der Waals surface area contributed by atoms with Gasteiger partial charge in [0.1, 0.15) is 6.04 Å². The molecule has 1 aromatic heterocycles. The number of benzene rings is 3. The molecule has 2 heterocycles. The maximum absolute atomic E-state index is 13.8. The molecule has 0 fully saturated rings. The standard InChI is InChI=1S/C29H29N5O3S/c1-17-10-12-22(18(2)14-17)31-27(36)25-19(3)30-28-32-29(38-16-20-8-6-5-7-9-20)33-34(28)26(25)21-11-13-23(35)24(15-21)37-4/h5-15,26,35H,16H2,1-4H3,(H,31,36)(H,30,32,33)/t26-/m1/s1. The van der Waals surface area contributed by atoms with Crippen molar-refractivity contribution in [3.05, 3.63) is 100 Å². The lowest BCUT2D eigenvalue weighted by Gasteiger charge is -2.29. The van der Waals surface area contributed by atoms with Crippen LogP contribution in [0.15, 0.2) is 83.2 Å². The van der Waals surface area contributed by atoms with E-state index in [0.29, 0.717) is 33.9 Å². The number of fused-ring (bicyclic) bond motifs is 1. The Morgan fingerprint density at radius 3 is 2.63 bits per heavy atom. The normalized spacial score (nSPS) is 14.6. The number of allylic oxidation sites excluding steroid dienone is 1. The summed E-state index contributed by atoms with van der Waals surface area (Å²) in [5, 5.41) is 22.0. The smallest absolute Gasteiger partial charge is 0.255 e. The fourth-order valence-corrected chi connectivity index (χ4v) is 5.31. The predicted molar refractivity (Wildman–Crippen MR) is 150 cm³/mol. The average Bonchev–Trinajstić information content (AvgIpc) is 3.31. The van der Waals surface area contributed by atoms with Gasteiger partial charge in [0.15, 0.2) is 11.5 Å². The third-order valence-corrected chi connectivity index (χ3v) is 7.35. The Morgan fingerprint density at radius 2 is 1.89 bits per heavy atom. The zero-order valence-electron chi connectivity index (χ0n) is 21.6. The first-order valence-corrected chi connectivity index (χ1v) is 13.2. The SMILES string of the molecule is COc1cc([C@@H]2C(C(=O)Nc3ccc(C)cc3C)=C(C)Nc3nc(SCc4ccccc4)nn32)ccc1O. The van der Waals surface area contributed by atoms with E-state index in [1.165, 1.54) is 24.4 Å². The van der Waals surface area contributed by atoms with Gasteiger partial charge in [-0.05, 0) is 55.7 Å². The maximum atomic E-state index is 13.8. The van der Waals surface area contributed by atoms with Gasteiger partial charge in [-0.2, -0.15) is 4.98 Å². The number of methoxy groups -OCH3 is 1. The molecule has 0 aliphatic carbocycles. The fraction of sp³-hybridized carbons (Fsp3) is 0.207. The Hall–Kier alpha value is -4.24. The lowest BCUT2D eigenvalue weighted by molar-refractivity contribution is -0.113. The van der Waals surface area contributed by atoms with Gasteiger partial charge in [0, 0.05) is 17.1 Å². The maximum Gasteiger partial charge on any atom is 0.255 e. The number of amides is 1. The molecule has 0 spiro atoms. The number of phenols is 1. The Labute approximate surface area is 225 Å². The number of aryl methyl sites for hydroxylation is 2. The molecule has 0 saturated carbocycles. The van der Waals surface area contributed by atoms with Crippen LogP contribution >= 0.6 is 11.8 Å². The number of hydrogen-bond donors (Lipinski definition) is 3. The molecule has 0 radical (unpaired) electrons. The summed E-state index contributed by atoms with van der Waals surface area (Å²) in [5.41, 5.74) is 5.91. The number of rotatable bonds is 7. The first-order valence-electron chi connectivity index (χ1n) is 12.2. The van der Waals surface area contributed by atoms with E-state index >= 15 is 0 Å². The predicted octanol–water partition coefficient (Wildman–Crippen LogP) is 5.83. The van der Waals surface area contributed by atoms with Crippen LogP contribution in [-0.4, -0.2) is 32.9 Å². The van der Waals surface area contributed by atoms with Crippen molar-refractivity contribution in [2.24, 2.45) is 0 Å². The van der Waals surface area contributed by atoms with Crippen LogP contribution in [0.2, 0.25) is 0 Å². The number of ether oxygens (including phenoxy) is 1. The number of nitrogens with zero attached hydrogens (tertiary/aromatic N) is 3. The third-order valence-electron chi connectivity index (χ3n) is 6.44. The third kappa shape index (κ3) is 5.10. The van der Waals surface area contributed by atoms with Crippen LogP contribution in [0.1, 0.15) is 35.2 Å². The monoisotopic (exact) mass is 527 g/mol. The molecule has 1 aliphatic heterocycles. The van der Waals surface area contributed by atoms with E-state index in [-0.39, 0.29) is 11.7 Å². The highest BCUT2D eigenvalue weighted by Crippen LogP contribution is 2.39. The largest absolute Gasteiger partial charge is 0.504 e. The number of nitrogens with one attached hydrogen (secondary N) is 2. The molecular formula is C29H29N5O3S. The number of carbonyl (C=O) groups excluding carboxylic acids is 1. The Kier molecular flexibility index (Phi) is 7.11. The Balaban J connectivity index is 1.53. The lowest BCUT2D eigenvalue weighted by atomic mass is 9.94. The highest BCUT2D eigenvalue weighted by molar-refractivity contribution is 7.98. The summed E-state index contributed by atoms with van der Waals surface area (Å²) in [4.78, 5) is 18.5. The summed E-state index contributed by atoms with van der Waals surface area (Å²) in [5.74, 6) is 1.34. The van der Waals surface area contributed by atoms with E-state index in [4.69, 9.17) is 14.8 Å². The minimum absolute atomic E-state index is 0.0186. The van der Waals surface area contributed by atoms with E-state index < -0.39 is 6.04 Å². The molecule has 0 bridgehead atoms. The molecular weight excluding hydrogens is 498 g/mol. The highest BCUT2D eigenvalue weighted by atomic mass is 32.2. The van der Waals surface area contributed by atoms with Crippen LogP contribution in [0, 0.1) is 13.8 Å². The number of carbonyl (C=O) groups is 1. The second-order valence-corrected chi connectivity index (χ2v) is 10.1. The summed E-state index contributed by atoms with van der Waals surface area (Å²) >= 11 is 1.52. The van der Waals surface area contributed by atoms with Crippen molar-refractivity contribution < 1.29 is 14.6 Å². The summed E-state index contributed by atoms with van der Waals surface area (Å²) in [6, 6.07) is 20.5. The summed E-state index contributed by atoms with van der Waals surface area (Å²) in [7, 11) is 1.50. The molecule has 1 amide bonds. The lowest BCUT2D eigenvalue weighted by Crippen LogP contribution is -2.31. The molecule has 5 rings (SSSR count). The van der Waals surface area contributed by atoms with E-state index in [0.717, 1.165) is 22.4 Å². The van der Waals surface area contributed by atoms with Gasteiger partial charge in [-0.3, -0.25) is 4.79 Å². The number of phenolic OH excluding ortho intramolecular Hbond substituents is 1. The van der Waals surface area contributed by atoms with Crippen LogP contribution in [-0.2, 0) is 10.5 Å².